The van der Waals surface area contributed by atoms with Crippen LogP contribution >= 0.6 is 31.9 Å². The molecule has 3 nitrogen and oxygen atoms in total. The molecule has 0 bridgehead atoms. The molecule has 228 valence electrons. The molecule has 1 fully saturated rings. The Kier molecular flexibility index (Phi) is 11.4. The Morgan fingerprint density at radius 3 is 1.79 bits per heavy atom. The van der Waals surface area contributed by atoms with Gasteiger partial charge < -0.3 is 4.74 Å². The fourth-order valence-corrected chi connectivity index (χ4v) is 7.35. The lowest BCUT2D eigenvalue weighted by molar-refractivity contribution is 0.0989. The van der Waals surface area contributed by atoms with Crippen LogP contribution in [0.4, 0.5) is 0 Å². The Morgan fingerprint density at radius 2 is 1.28 bits per heavy atom. The Balaban J connectivity index is 0.000000135. The highest BCUT2D eigenvalue weighted by Crippen LogP contribution is 2.33. The number of carbonyl (C=O) groups excluding carboxylic acids is 2. The SMILES string of the molecule is CC1CCCO1.Cc1ccc(C)c2c1C=C(Br)C2.Cc1ccc(C)c2c1CC(Br)C2=O.Cc1ccc(C)c2c1CCC2=O. The van der Waals surface area contributed by atoms with Crippen LogP contribution in [0.15, 0.2) is 40.9 Å². The number of carbonyl (C=O) groups is 2. The summed E-state index contributed by atoms with van der Waals surface area (Å²) < 4.78 is 6.45. The van der Waals surface area contributed by atoms with Gasteiger partial charge in [0.05, 0.1) is 10.9 Å². The number of hydrogen-bond acceptors (Lipinski definition) is 3. The third-order valence-electron chi connectivity index (χ3n) is 8.92. The van der Waals surface area contributed by atoms with Crippen molar-refractivity contribution in [3.63, 3.8) is 0 Å². The minimum atomic E-state index is 0.00213. The number of alkyl halides is 1. The van der Waals surface area contributed by atoms with Crippen molar-refractivity contribution in [1.29, 1.82) is 0 Å². The van der Waals surface area contributed by atoms with Crippen LogP contribution < -0.4 is 0 Å². The highest BCUT2D eigenvalue weighted by atomic mass is 79.9. The van der Waals surface area contributed by atoms with Gasteiger partial charge in [-0.05, 0) is 136 Å². The van der Waals surface area contributed by atoms with Crippen LogP contribution in [0.25, 0.3) is 6.08 Å². The summed E-state index contributed by atoms with van der Waals surface area (Å²) in [7, 11) is 0. The van der Waals surface area contributed by atoms with Gasteiger partial charge in [0.2, 0.25) is 0 Å². The zero-order chi connectivity index (χ0) is 31.4. The first-order valence-electron chi connectivity index (χ1n) is 15.3. The maximum Gasteiger partial charge on any atom is 0.177 e. The van der Waals surface area contributed by atoms with E-state index in [1.54, 1.807) is 0 Å². The fourth-order valence-electron chi connectivity index (χ4n) is 6.29. The van der Waals surface area contributed by atoms with E-state index >= 15 is 0 Å². The number of Topliss-reactive ketones (excluding diaryl/α,β-unsaturated/α-hetero) is 2. The van der Waals surface area contributed by atoms with Crippen LogP contribution in [0.3, 0.4) is 0 Å². The highest BCUT2D eigenvalue weighted by Gasteiger charge is 2.30. The molecule has 43 heavy (non-hydrogen) atoms. The summed E-state index contributed by atoms with van der Waals surface area (Å²) in [5.74, 6) is 0.572. The summed E-state index contributed by atoms with van der Waals surface area (Å²) in [5, 5.41) is 0. The maximum atomic E-state index is 11.7. The van der Waals surface area contributed by atoms with E-state index in [1.165, 1.54) is 61.8 Å². The van der Waals surface area contributed by atoms with Crippen molar-refractivity contribution in [3.8, 4) is 0 Å². The van der Waals surface area contributed by atoms with Gasteiger partial charge >= 0.3 is 0 Å². The Labute approximate surface area is 274 Å². The van der Waals surface area contributed by atoms with Crippen LogP contribution in [-0.2, 0) is 24.0 Å². The summed E-state index contributed by atoms with van der Waals surface area (Å²) in [5.41, 5.74) is 14.9. The number of allylic oxidation sites excluding steroid dienone is 1. The van der Waals surface area contributed by atoms with E-state index in [1.807, 2.05) is 26.0 Å². The van der Waals surface area contributed by atoms with Crippen molar-refractivity contribution >= 4 is 49.5 Å². The first-order chi connectivity index (χ1) is 20.4. The number of hydrogen-bond donors (Lipinski definition) is 0. The molecule has 7 rings (SSSR count). The number of halogens is 2. The van der Waals surface area contributed by atoms with Gasteiger partial charge in [-0.25, -0.2) is 0 Å². The molecule has 2 unspecified atom stereocenters. The van der Waals surface area contributed by atoms with E-state index in [0.29, 0.717) is 18.3 Å². The Hall–Kier alpha value is -2.34. The molecule has 3 aromatic rings. The lowest BCUT2D eigenvalue weighted by Crippen LogP contribution is -2.07. The molecule has 0 radical (unpaired) electrons. The first-order valence-corrected chi connectivity index (χ1v) is 17.1. The van der Waals surface area contributed by atoms with E-state index in [2.05, 4.69) is 96.8 Å². The van der Waals surface area contributed by atoms with Gasteiger partial charge in [0.25, 0.3) is 0 Å². The molecular formula is C38H44Br2O3. The number of benzene rings is 3. The average molecular weight is 709 g/mol. The van der Waals surface area contributed by atoms with Crippen LogP contribution in [0.2, 0.25) is 0 Å². The van der Waals surface area contributed by atoms with Gasteiger partial charge in [-0.2, -0.15) is 0 Å². The van der Waals surface area contributed by atoms with E-state index < -0.39 is 0 Å². The largest absolute Gasteiger partial charge is 0.379 e. The number of aryl methyl sites for hydroxylation is 6. The normalized spacial score (nSPS) is 19.2. The highest BCUT2D eigenvalue weighted by molar-refractivity contribution is 9.11. The van der Waals surface area contributed by atoms with E-state index in [9.17, 15) is 9.59 Å². The maximum absolute atomic E-state index is 11.7. The third kappa shape index (κ3) is 7.85. The van der Waals surface area contributed by atoms with Crippen molar-refractivity contribution in [2.45, 2.75) is 97.9 Å². The molecule has 5 heteroatoms. The molecule has 0 N–H and O–H groups in total. The molecule has 1 heterocycles. The molecule has 3 aliphatic carbocycles. The predicted molar refractivity (Wildman–Crippen MR) is 186 cm³/mol. The summed E-state index contributed by atoms with van der Waals surface area (Å²) in [4.78, 5) is 23.2. The van der Waals surface area contributed by atoms with Crippen molar-refractivity contribution < 1.29 is 14.3 Å². The molecule has 0 amide bonds. The number of ether oxygens (including phenoxy) is 1. The van der Waals surface area contributed by atoms with Gasteiger partial charge in [0.15, 0.2) is 11.6 Å². The molecule has 1 aliphatic heterocycles. The minimum absolute atomic E-state index is 0.00213. The smallest absolute Gasteiger partial charge is 0.177 e. The molecule has 4 aliphatic rings. The molecule has 2 atom stereocenters. The van der Waals surface area contributed by atoms with Crippen molar-refractivity contribution in [2.75, 3.05) is 6.61 Å². The van der Waals surface area contributed by atoms with Gasteiger partial charge in [0.1, 0.15) is 0 Å². The van der Waals surface area contributed by atoms with Crippen LogP contribution in [0.1, 0.15) is 103 Å². The van der Waals surface area contributed by atoms with E-state index in [0.717, 1.165) is 48.1 Å². The molecule has 0 aromatic heterocycles. The van der Waals surface area contributed by atoms with Gasteiger partial charge in [-0.1, -0.05) is 68.3 Å². The standard InChI is InChI=1S/C11H11BrO.C11H11Br.C11H12O.C5H10O/c1-6-3-4-7(2)10-8(6)5-9(12)11(10)13;1-7-3-4-8(2)11-6-9(12)5-10(7)11;1-7-3-4-8(2)11-9(7)5-6-10(11)12;1-5-3-2-4-6-5/h3-4,9H,5H2,1-2H3;3-5H,6H2,1-2H3;3-4H,5-6H2,1-2H3;5H,2-4H2,1H3. The lowest BCUT2D eigenvalue weighted by atomic mass is 10.00. The van der Waals surface area contributed by atoms with Crippen LogP contribution in [0, 0.1) is 41.5 Å². The van der Waals surface area contributed by atoms with Crippen LogP contribution in [-0.4, -0.2) is 29.1 Å². The third-order valence-corrected chi connectivity index (χ3v) is 10.2. The van der Waals surface area contributed by atoms with Gasteiger partial charge in [0, 0.05) is 35.1 Å². The fraction of sp³-hybridized carbons (Fsp3) is 0.421. The topological polar surface area (TPSA) is 43.4 Å². The summed E-state index contributed by atoms with van der Waals surface area (Å²) >= 11 is 6.95. The van der Waals surface area contributed by atoms with Crippen molar-refractivity contribution in [1.82, 2.24) is 0 Å². The molecule has 1 saturated heterocycles. The predicted octanol–water partition coefficient (Wildman–Crippen LogP) is 10.0. The summed E-state index contributed by atoms with van der Waals surface area (Å²) in [6, 6.07) is 12.7. The van der Waals surface area contributed by atoms with Gasteiger partial charge in [-0.3, -0.25) is 9.59 Å². The van der Waals surface area contributed by atoms with Crippen LogP contribution in [0.5, 0.6) is 0 Å². The lowest BCUT2D eigenvalue weighted by Gasteiger charge is -2.05. The molecule has 3 aromatic carbocycles. The van der Waals surface area contributed by atoms with Gasteiger partial charge in [-0.15, -0.1) is 0 Å². The molecule has 0 saturated carbocycles. The molecular weight excluding hydrogens is 664 g/mol. The monoisotopic (exact) mass is 706 g/mol. The zero-order valence-electron chi connectivity index (χ0n) is 26.6. The number of ketones is 2. The van der Waals surface area contributed by atoms with Crippen molar-refractivity contribution in [3.05, 3.63) is 108 Å². The number of fused-ring (bicyclic) bond motifs is 3. The summed E-state index contributed by atoms with van der Waals surface area (Å²) in [6.07, 6.45) is 8.89. The Morgan fingerprint density at radius 1 is 0.721 bits per heavy atom. The second-order valence-electron chi connectivity index (χ2n) is 12.2. The van der Waals surface area contributed by atoms with E-state index in [4.69, 9.17) is 4.74 Å². The quantitative estimate of drug-likeness (QED) is 0.219. The second kappa shape index (κ2) is 14.6. The minimum Gasteiger partial charge on any atom is -0.379 e. The Bertz CT molecular complexity index is 1560. The zero-order valence-corrected chi connectivity index (χ0v) is 29.8. The first kappa shape index (κ1) is 33.6. The van der Waals surface area contributed by atoms with Crippen molar-refractivity contribution in [2.24, 2.45) is 0 Å². The summed E-state index contributed by atoms with van der Waals surface area (Å²) in [6.45, 7) is 15.6. The second-order valence-corrected chi connectivity index (χ2v) is 14.4. The average Bonchev–Trinajstić information content (AvgIpc) is 3.76. The number of rotatable bonds is 0. The van der Waals surface area contributed by atoms with E-state index in [-0.39, 0.29) is 10.6 Å². The molecule has 0 spiro atoms.